The molecule has 0 radical (unpaired) electrons. The molecule has 0 aromatic carbocycles. The molecule has 0 saturated carbocycles. The van der Waals surface area contributed by atoms with Crippen LogP contribution in [0.3, 0.4) is 0 Å². The Morgan fingerprint density at radius 3 is 2.80 bits per heavy atom. The molecular weight excluding hydrogens is 270 g/mol. The van der Waals surface area contributed by atoms with Crippen LogP contribution in [0.5, 0.6) is 0 Å². The van der Waals surface area contributed by atoms with Crippen LogP contribution in [0.25, 0.3) is 10.2 Å². The first-order valence-electron chi connectivity index (χ1n) is 6.42. The summed E-state index contributed by atoms with van der Waals surface area (Å²) in [5.74, 6) is -0.0714. The molecule has 2 N–H and O–H groups in total. The van der Waals surface area contributed by atoms with Crippen LogP contribution >= 0.6 is 11.3 Å². The Kier molecular flexibility index (Phi) is 3.81. The molecule has 20 heavy (non-hydrogen) atoms. The Morgan fingerprint density at radius 1 is 1.55 bits per heavy atom. The third-order valence-corrected chi connectivity index (χ3v) is 4.19. The van der Waals surface area contributed by atoms with Gasteiger partial charge in [-0.3, -0.25) is 9.78 Å². The van der Waals surface area contributed by atoms with E-state index in [1.165, 1.54) is 11.3 Å². The maximum Gasteiger partial charge on any atom is 0.266 e. The molecule has 0 fully saturated rings. The van der Waals surface area contributed by atoms with Gasteiger partial charge in [0.05, 0.1) is 10.4 Å². The number of aromatic nitrogens is 1. The Bertz CT molecular complexity index is 655. The fourth-order valence-electron chi connectivity index (χ4n) is 2.02. The highest BCUT2D eigenvalue weighted by molar-refractivity contribution is 7.21. The number of hydrogen-bond donors (Lipinski definition) is 1. The van der Waals surface area contributed by atoms with Gasteiger partial charge in [-0.25, -0.2) is 0 Å². The highest BCUT2D eigenvalue weighted by Crippen LogP contribution is 2.33. The number of nitrogens with two attached hydrogens (primary N) is 1. The van der Waals surface area contributed by atoms with Crippen LogP contribution in [0.4, 0.5) is 5.69 Å². The average Bonchev–Trinajstić information content (AvgIpc) is 2.72. The first-order chi connectivity index (χ1) is 9.36. The first kappa shape index (κ1) is 14.5. The summed E-state index contributed by atoms with van der Waals surface area (Å²) in [5.41, 5.74) is 6.97. The van der Waals surface area contributed by atoms with E-state index in [9.17, 15) is 4.79 Å². The topological polar surface area (TPSA) is 59.2 Å². The Labute approximate surface area is 122 Å². The minimum absolute atomic E-state index is 0.0714. The lowest BCUT2D eigenvalue weighted by atomic mass is 10.1. The maximum absolute atomic E-state index is 12.8. The average molecular weight is 289 g/mol. The molecule has 0 saturated heterocycles. The molecule has 2 rings (SSSR count). The normalized spacial score (nSPS) is 11.6. The summed E-state index contributed by atoms with van der Waals surface area (Å²) in [6.45, 7) is 10.2. The van der Waals surface area contributed by atoms with Gasteiger partial charge in [0.1, 0.15) is 10.4 Å². The number of carbonyl (C=O) groups is 1. The summed E-state index contributed by atoms with van der Waals surface area (Å²) in [5, 5.41) is 0. The number of anilines is 1. The molecule has 1 amide bonds. The molecule has 2 aromatic rings. The zero-order chi connectivity index (χ0) is 14.9. The van der Waals surface area contributed by atoms with Gasteiger partial charge in [0.15, 0.2) is 0 Å². The lowest BCUT2D eigenvalue weighted by molar-refractivity contribution is 0.0623. The van der Waals surface area contributed by atoms with Crippen LogP contribution in [-0.4, -0.2) is 27.9 Å². The number of rotatable bonds is 3. The van der Waals surface area contributed by atoms with E-state index in [0.29, 0.717) is 22.6 Å². The monoisotopic (exact) mass is 289 g/mol. The predicted octanol–water partition coefficient (Wildman–Crippen LogP) is 3.31. The third-order valence-electron chi connectivity index (χ3n) is 3.04. The summed E-state index contributed by atoms with van der Waals surface area (Å²) in [4.78, 5) is 19.3. The number of hydrogen-bond acceptors (Lipinski definition) is 4. The molecule has 2 heterocycles. The van der Waals surface area contributed by atoms with E-state index >= 15 is 0 Å². The van der Waals surface area contributed by atoms with Crippen molar-refractivity contribution in [2.24, 2.45) is 0 Å². The second-order valence-electron chi connectivity index (χ2n) is 5.57. The van der Waals surface area contributed by atoms with Gasteiger partial charge in [0.2, 0.25) is 0 Å². The molecule has 0 atom stereocenters. The molecule has 2 aromatic heterocycles. The van der Waals surface area contributed by atoms with E-state index in [-0.39, 0.29) is 11.4 Å². The zero-order valence-corrected chi connectivity index (χ0v) is 12.8. The minimum Gasteiger partial charge on any atom is -0.396 e. The van der Waals surface area contributed by atoms with E-state index in [0.717, 1.165) is 4.70 Å². The largest absolute Gasteiger partial charge is 0.396 e. The molecule has 4 nitrogen and oxygen atoms in total. The third kappa shape index (κ3) is 2.54. The van der Waals surface area contributed by atoms with Crippen LogP contribution in [0, 0.1) is 0 Å². The van der Waals surface area contributed by atoms with Crippen molar-refractivity contribution in [1.82, 2.24) is 9.88 Å². The molecular formula is C15H19N3OS. The Balaban J connectivity index is 2.49. The predicted molar refractivity (Wildman–Crippen MR) is 85.0 cm³/mol. The standard InChI is InChI=1S/C15H19N3OS/c1-5-9-18(15(2,3)4)14(19)13-11(16)12-10(20-13)7-6-8-17-12/h5-8H,1,9,16H2,2-4H3. The summed E-state index contributed by atoms with van der Waals surface area (Å²) >= 11 is 1.39. The maximum atomic E-state index is 12.8. The molecule has 0 unspecified atom stereocenters. The molecule has 0 aliphatic rings. The molecule has 5 heteroatoms. The van der Waals surface area contributed by atoms with Crippen LogP contribution in [0.15, 0.2) is 31.0 Å². The first-order valence-corrected chi connectivity index (χ1v) is 7.23. The van der Waals surface area contributed by atoms with Gasteiger partial charge in [0, 0.05) is 18.3 Å². The van der Waals surface area contributed by atoms with Gasteiger partial charge in [0.25, 0.3) is 5.91 Å². The summed E-state index contributed by atoms with van der Waals surface area (Å²) in [6, 6.07) is 3.77. The fourth-order valence-corrected chi connectivity index (χ4v) is 3.05. The quantitative estimate of drug-likeness (QED) is 0.882. The SMILES string of the molecule is C=CCN(C(=O)c1sc2cccnc2c1N)C(C)(C)C. The number of nitrogens with zero attached hydrogens (tertiary/aromatic N) is 2. The van der Waals surface area contributed by atoms with Crippen molar-refractivity contribution in [1.29, 1.82) is 0 Å². The number of carbonyl (C=O) groups excluding carboxylic acids is 1. The Hall–Kier alpha value is -1.88. The van der Waals surface area contributed by atoms with Crippen molar-refractivity contribution in [3.8, 4) is 0 Å². The number of thiophene rings is 1. The highest BCUT2D eigenvalue weighted by atomic mass is 32.1. The van der Waals surface area contributed by atoms with E-state index in [4.69, 9.17) is 5.73 Å². The lowest BCUT2D eigenvalue weighted by Gasteiger charge is -2.34. The Morgan fingerprint density at radius 2 is 2.25 bits per heavy atom. The lowest BCUT2D eigenvalue weighted by Crippen LogP contribution is -2.45. The van der Waals surface area contributed by atoms with Crippen LogP contribution in [0.1, 0.15) is 30.4 Å². The van der Waals surface area contributed by atoms with Gasteiger partial charge in [-0.05, 0) is 32.9 Å². The van der Waals surface area contributed by atoms with Gasteiger partial charge >= 0.3 is 0 Å². The van der Waals surface area contributed by atoms with Crippen molar-refractivity contribution in [2.45, 2.75) is 26.3 Å². The fraction of sp³-hybridized carbons (Fsp3) is 0.333. The second-order valence-corrected chi connectivity index (χ2v) is 6.62. The molecule has 0 spiro atoms. The van der Waals surface area contributed by atoms with Crippen LogP contribution in [0.2, 0.25) is 0 Å². The summed E-state index contributed by atoms with van der Waals surface area (Å²) in [7, 11) is 0. The number of fused-ring (bicyclic) bond motifs is 1. The number of pyridine rings is 1. The van der Waals surface area contributed by atoms with Crippen molar-refractivity contribution < 1.29 is 4.79 Å². The van der Waals surface area contributed by atoms with E-state index in [2.05, 4.69) is 11.6 Å². The van der Waals surface area contributed by atoms with Gasteiger partial charge in [-0.15, -0.1) is 17.9 Å². The minimum atomic E-state index is -0.290. The van der Waals surface area contributed by atoms with Crippen LogP contribution in [-0.2, 0) is 0 Å². The van der Waals surface area contributed by atoms with E-state index in [1.54, 1.807) is 17.2 Å². The van der Waals surface area contributed by atoms with Crippen molar-refractivity contribution in [3.63, 3.8) is 0 Å². The zero-order valence-electron chi connectivity index (χ0n) is 12.0. The summed E-state index contributed by atoms with van der Waals surface area (Å²) < 4.78 is 0.931. The number of nitrogen functional groups attached to an aromatic ring is 1. The molecule has 0 aliphatic heterocycles. The molecule has 106 valence electrons. The van der Waals surface area contributed by atoms with Crippen molar-refractivity contribution in [3.05, 3.63) is 35.9 Å². The van der Waals surface area contributed by atoms with Gasteiger partial charge in [-0.2, -0.15) is 0 Å². The van der Waals surface area contributed by atoms with Gasteiger partial charge < -0.3 is 10.6 Å². The van der Waals surface area contributed by atoms with E-state index < -0.39 is 0 Å². The number of amides is 1. The second kappa shape index (κ2) is 5.25. The van der Waals surface area contributed by atoms with E-state index in [1.807, 2.05) is 32.9 Å². The molecule has 0 bridgehead atoms. The van der Waals surface area contributed by atoms with Crippen molar-refractivity contribution >= 4 is 33.1 Å². The smallest absolute Gasteiger partial charge is 0.266 e. The highest BCUT2D eigenvalue weighted by Gasteiger charge is 2.29. The summed E-state index contributed by atoms with van der Waals surface area (Å²) in [6.07, 6.45) is 3.41. The van der Waals surface area contributed by atoms with Crippen molar-refractivity contribution in [2.75, 3.05) is 12.3 Å². The molecule has 0 aliphatic carbocycles. The van der Waals surface area contributed by atoms with Gasteiger partial charge in [-0.1, -0.05) is 6.08 Å². The van der Waals surface area contributed by atoms with Crippen LogP contribution < -0.4 is 5.73 Å².